The Balaban J connectivity index is 1.75. The number of carbonyl (C=O) groups is 3. The van der Waals surface area contributed by atoms with Gasteiger partial charge in [-0.15, -0.1) is 0 Å². The molecule has 174 valence electrons. The van der Waals surface area contributed by atoms with Gasteiger partial charge < -0.3 is 15.1 Å². The third-order valence-corrected chi connectivity index (χ3v) is 7.22. The summed E-state index contributed by atoms with van der Waals surface area (Å²) in [6, 6.07) is 17.1. The van der Waals surface area contributed by atoms with E-state index in [1.54, 1.807) is 31.2 Å². The van der Waals surface area contributed by atoms with Crippen LogP contribution in [0.4, 0.5) is 5.69 Å². The molecule has 3 atom stereocenters. The Bertz CT molecular complexity index is 1020. The molecule has 2 aliphatic rings. The molecule has 0 radical (unpaired) electrons. The molecule has 6 heteroatoms. The van der Waals surface area contributed by atoms with E-state index in [4.69, 9.17) is 0 Å². The van der Waals surface area contributed by atoms with Crippen LogP contribution in [-0.4, -0.2) is 45.6 Å². The van der Waals surface area contributed by atoms with Crippen molar-refractivity contribution < 1.29 is 14.4 Å². The number of rotatable bonds is 3. The minimum absolute atomic E-state index is 0.0315. The summed E-state index contributed by atoms with van der Waals surface area (Å²) >= 11 is 0. The van der Waals surface area contributed by atoms with E-state index in [0.717, 1.165) is 44.2 Å². The summed E-state index contributed by atoms with van der Waals surface area (Å²) in [4.78, 5) is 42.1. The van der Waals surface area contributed by atoms with E-state index in [-0.39, 0.29) is 29.8 Å². The first-order valence-electron chi connectivity index (χ1n) is 11.8. The summed E-state index contributed by atoms with van der Waals surface area (Å²) in [5.74, 6) is -0.103. The Morgan fingerprint density at radius 3 is 2.27 bits per heavy atom. The number of amides is 3. The molecule has 0 aliphatic carbocycles. The molecule has 0 spiro atoms. The van der Waals surface area contributed by atoms with Crippen LogP contribution in [0.15, 0.2) is 54.6 Å². The highest BCUT2D eigenvalue weighted by molar-refractivity contribution is 5.96. The predicted molar refractivity (Wildman–Crippen MR) is 129 cm³/mol. The maximum Gasteiger partial charge on any atom is 0.254 e. The molecular weight excluding hydrogens is 414 g/mol. The Labute approximate surface area is 196 Å². The monoisotopic (exact) mass is 447 g/mol. The number of hydrogen-bond acceptors (Lipinski definition) is 3. The van der Waals surface area contributed by atoms with Gasteiger partial charge in [0, 0.05) is 31.6 Å². The molecule has 0 saturated carbocycles. The second-order valence-corrected chi connectivity index (χ2v) is 9.49. The van der Waals surface area contributed by atoms with Crippen molar-refractivity contribution in [1.29, 1.82) is 0 Å². The normalized spacial score (nSPS) is 25.1. The maximum atomic E-state index is 14.0. The van der Waals surface area contributed by atoms with Gasteiger partial charge in [0.15, 0.2) is 0 Å². The van der Waals surface area contributed by atoms with Crippen LogP contribution in [-0.2, 0) is 9.59 Å². The topological polar surface area (TPSA) is 69.7 Å². The van der Waals surface area contributed by atoms with Crippen molar-refractivity contribution in [1.82, 2.24) is 9.80 Å². The van der Waals surface area contributed by atoms with Crippen molar-refractivity contribution >= 4 is 23.4 Å². The van der Waals surface area contributed by atoms with Crippen LogP contribution >= 0.6 is 0 Å². The molecule has 2 aliphatic heterocycles. The van der Waals surface area contributed by atoms with E-state index in [1.807, 2.05) is 28.0 Å². The first-order chi connectivity index (χ1) is 15.8. The number of carbonyl (C=O) groups excluding carboxylic acids is 3. The molecule has 2 aromatic carbocycles. The van der Waals surface area contributed by atoms with Crippen molar-refractivity contribution in [2.24, 2.45) is 0 Å². The molecular formula is C27H33N3O3. The number of fused-ring (bicyclic) bond motifs is 1. The Morgan fingerprint density at radius 1 is 0.939 bits per heavy atom. The lowest BCUT2D eigenvalue weighted by atomic mass is 9.83. The van der Waals surface area contributed by atoms with E-state index >= 15 is 0 Å². The lowest BCUT2D eigenvalue weighted by molar-refractivity contribution is -0.136. The van der Waals surface area contributed by atoms with Gasteiger partial charge in [-0.25, -0.2) is 0 Å². The summed E-state index contributed by atoms with van der Waals surface area (Å²) in [6.45, 7) is 6.00. The quantitative estimate of drug-likeness (QED) is 0.736. The van der Waals surface area contributed by atoms with Crippen LogP contribution in [0, 0.1) is 0 Å². The number of hydrogen-bond donors (Lipinski definition) is 1. The molecule has 2 fully saturated rings. The van der Waals surface area contributed by atoms with Crippen molar-refractivity contribution in [2.75, 3.05) is 11.9 Å². The number of nitrogens with zero attached hydrogens (tertiary/aromatic N) is 2. The molecule has 3 amide bonds. The number of nitrogens with one attached hydrogen (secondary N) is 1. The van der Waals surface area contributed by atoms with Gasteiger partial charge in [0.25, 0.3) is 5.91 Å². The lowest BCUT2D eigenvalue weighted by Gasteiger charge is -2.45. The average Bonchev–Trinajstić information content (AvgIpc) is 3.06. The highest BCUT2D eigenvalue weighted by Crippen LogP contribution is 2.48. The summed E-state index contributed by atoms with van der Waals surface area (Å²) in [6.07, 6.45) is 4.69. The van der Waals surface area contributed by atoms with Crippen molar-refractivity contribution in [3.8, 4) is 0 Å². The molecule has 0 bridgehead atoms. The zero-order valence-corrected chi connectivity index (χ0v) is 19.7. The molecule has 0 unspecified atom stereocenters. The molecule has 2 saturated heterocycles. The Morgan fingerprint density at radius 2 is 1.64 bits per heavy atom. The molecule has 6 nitrogen and oxygen atoms in total. The van der Waals surface area contributed by atoms with Crippen LogP contribution in [0.2, 0.25) is 0 Å². The second kappa shape index (κ2) is 9.38. The van der Waals surface area contributed by atoms with Crippen molar-refractivity contribution in [3.63, 3.8) is 0 Å². The molecule has 4 rings (SSSR count). The van der Waals surface area contributed by atoms with E-state index in [2.05, 4.69) is 24.4 Å². The summed E-state index contributed by atoms with van der Waals surface area (Å²) < 4.78 is 0. The van der Waals surface area contributed by atoms with Gasteiger partial charge >= 0.3 is 0 Å². The van der Waals surface area contributed by atoms with Crippen LogP contribution in [0.3, 0.4) is 0 Å². The zero-order chi connectivity index (χ0) is 23.6. The second-order valence-electron chi connectivity index (χ2n) is 9.49. The third kappa shape index (κ3) is 4.52. The van der Waals surface area contributed by atoms with Crippen LogP contribution in [0.1, 0.15) is 74.8 Å². The van der Waals surface area contributed by atoms with Crippen LogP contribution < -0.4 is 5.32 Å². The number of anilines is 1. The fourth-order valence-corrected chi connectivity index (χ4v) is 5.72. The number of benzene rings is 2. The molecule has 0 aromatic heterocycles. The maximum absolute atomic E-state index is 14.0. The van der Waals surface area contributed by atoms with Crippen LogP contribution in [0.5, 0.6) is 0 Å². The molecule has 33 heavy (non-hydrogen) atoms. The highest BCUT2D eigenvalue weighted by Gasteiger charge is 2.55. The van der Waals surface area contributed by atoms with Gasteiger partial charge in [-0.2, -0.15) is 0 Å². The Hall–Kier alpha value is -3.15. The van der Waals surface area contributed by atoms with Gasteiger partial charge in [0.2, 0.25) is 11.8 Å². The van der Waals surface area contributed by atoms with E-state index in [0.29, 0.717) is 11.3 Å². The largest absolute Gasteiger partial charge is 0.335 e. The number of likely N-dealkylation sites (tertiary alicyclic amines) is 2. The Kier molecular flexibility index (Phi) is 6.54. The third-order valence-electron chi connectivity index (χ3n) is 7.22. The van der Waals surface area contributed by atoms with E-state index < -0.39 is 5.54 Å². The van der Waals surface area contributed by atoms with Gasteiger partial charge in [0.1, 0.15) is 0 Å². The highest BCUT2D eigenvalue weighted by atomic mass is 16.2. The smallest absolute Gasteiger partial charge is 0.254 e. The van der Waals surface area contributed by atoms with Gasteiger partial charge in [0.05, 0.1) is 17.6 Å². The van der Waals surface area contributed by atoms with E-state index in [1.165, 1.54) is 6.92 Å². The van der Waals surface area contributed by atoms with Gasteiger partial charge in [-0.05, 0) is 56.0 Å². The standard InChI is InChI=1S/C27H33N3O3/c1-19(31)28-23-15-13-22(14-16-23)26(33)30-24(21-10-6-4-7-11-21)18-27(3)25(30)12-8-5-9-17-29(27)20(2)32/h4,6-7,10-11,13-16,24-25H,5,8-9,12,17-18H2,1-3H3,(H,28,31)/t24-,25-,27-/m0/s1. The lowest BCUT2D eigenvalue weighted by Crippen LogP contribution is -2.58. The fourth-order valence-electron chi connectivity index (χ4n) is 5.72. The summed E-state index contributed by atoms with van der Waals surface area (Å²) in [7, 11) is 0. The predicted octanol–water partition coefficient (Wildman–Crippen LogP) is 4.78. The van der Waals surface area contributed by atoms with Gasteiger partial charge in [-0.1, -0.05) is 43.2 Å². The first kappa shape index (κ1) is 23.0. The molecule has 2 heterocycles. The molecule has 2 aromatic rings. The van der Waals surface area contributed by atoms with Crippen molar-refractivity contribution in [3.05, 3.63) is 65.7 Å². The zero-order valence-electron chi connectivity index (χ0n) is 19.7. The average molecular weight is 448 g/mol. The van der Waals surface area contributed by atoms with E-state index in [9.17, 15) is 14.4 Å². The minimum atomic E-state index is -0.418. The molecule has 1 N–H and O–H groups in total. The minimum Gasteiger partial charge on any atom is -0.335 e. The van der Waals surface area contributed by atoms with Gasteiger partial charge in [-0.3, -0.25) is 14.4 Å². The van der Waals surface area contributed by atoms with Crippen molar-refractivity contribution in [2.45, 2.75) is 70.5 Å². The summed E-state index contributed by atoms with van der Waals surface area (Å²) in [5, 5.41) is 2.75. The summed E-state index contributed by atoms with van der Waals surface area (Å²) in [5.41, 5.74) is 1.93. The SMILES string of the molecule is CC(=O)Nc1ccc(C(=O)N2[C@H]3CCCCCN(C(C)=O)[C@@]3(C)C[C@H]2c2ccccc2)cc1. The fraction of sp³-hybridized carbons (Fsp3) is 0.444. The van der Waals surface area contributed by atoms with Crippen LogP contribution in [0.25, 0.3) is 0 Å². The first-order valence-corrected chi connectivity index (χ1v) is 11.8.